The van der Waals surface area contributed by atoms with Crippen molar-refractivity contribution in [3.8, 4) is 33.8 Å². The van der Waals surface area contributed by atoms with E-state index in [1.807, 2.05) is 0 Å². The number of ether oxygens (including phenoxy) is 3. The molecule has 0 saturated carbocycles. The summed E-state index contributed by atoms with van der Waals surface area (Å²) in [5, 5.41) is 12.3. The molecule has 0 bridgehead atoms. The molecule has 38 heavy (non-hydrogen) atoms. The zero-order chi connectivity index (χ0) is 26.6. The van der Waals surface area contributed by atoms with Crippen LogP contribution in [0.2, 0.25) is 0 Å². The molecule has 0 aliphatic heterocycles. The van der Waals surface area contributed by atoms with Gasteiger partial charge < -0.3 is 14.2 Å². The number of rotatable bonds is 6. The Morgan fingerprint density at radius 1 is 0.974 bits per heavy atom. The van der Waals surface area contributed by atoms with E-state index in [1.54, 1.807) is 29.5 Å². The van der Waals surface area contributed by atoms with Crippen molar-refractivity contribution < 1.29 is 19.1 Å². The Balaban J connectivity index is 1.68. The fraction of sp³-hybridized carbons (Fsp3) is 0.269. The molecule has 5 aromatic rings. The fourth-order valence-corrected chi connectivity index (χ4v) is 7.10. The molecule has 3 aromatic heterocycles. The average Bonchev–Trinajstić information content (AvgIpc) is 3.52. The number of nitro benzene ring substituents is 1. The number of aryl methyl sites for hydroxylation is 2. The van der Waals surface area contributed by atoms with Crippen LogP contribution in [0, 0.1) is 10.1 Å². The molecule has 0 saturated heterocycles. The number of hydrogen-bond donors (Lipinski definition) is 0. The summed E-state index contributed by atoms with van der Waals surface area (Å²) in [7, 11) is 4.58. The van der Waals surface area contributed by atoms with Crippen molar-refractivity contribution in [2.45, 2.75) is 25.7 Å². The summed E-state index contributed by atoms with van der Waals surface area (Å²) >= 11 is 2.84. The van der Waals surface area contributed by atoms with E-state index in [2.05, 4.69) is 4.98 Å². The smallest absolute Gasteiger partial charge is 0.271 e. The lowest BCUT2D eigenvalue weighted by molar-refractivity contribution is -0.384. The van der Waals surface area contributed by atoms with E-state index in [-0.39, 0.29) is 11.2 Å². The van der Waals surface area contributed by atoms with Gasteiger partial charge in [0.2, 0.25) is 5.75 Å². The van der Waals surface area contributed by atoms with Crippen molar-refractivity contribution in [3.63, 3.8) is 0 Å². The van der Waals surface area contributed by atoms with Crippen molar-refractivity contribution in [3.05, 3.63) is 61.2 Å². The van der Waals surface area contributed by atoms with E-state index in [4.69, 9.17) is 19.2 Å². The molecule has 0 N–H and O–H groups in total. The molecule has 0 atom stereocenters. The Morgan fingerprint density at radius 2 is 1.71 bits per heavy atom. The SMILES string of the molecule is COc1cc(-c2nc3sc4c(c3c(=O)n2-c2nc3cc([N+](=O)[O-])ccc3s2)CCCC4)cc(OC)c1OC. The Bertz CT molecular complexity index is 1780. The number of thiazole rings is 1. The van der Waals surface area contributed by atoms with Crippen molar-refractivity contribution in [1.29, 1.82) is 0 Å². The maximum Gasteiger partial charge on any atom is 0.271 e. The summed E-state index contributed by atoms with van der Waals surface area (Å²) in [6.07, 6.45) is 3.88. The molecule has 1 aliphatic carbocycles. The molecule has 0 fully saturated rings. The summed E-state index contributed by atoms with van der Waals surface area (Å²) < 4.78 is 18.8. The Labute approximate surface area is 224 Å². The zero-order valence-corrected chi connectivity index (χ0v) is 22.4. The lowest BCUT2D eigenvalue weighted by Gasteiger charge is -2.16. The van der Waals surface area contributed by atoms with Crippen molar-refractivity contribution in [2.24, 2.45) is 0 Å². The molecule has 194 valence electrons. The van der Waals surface area contributed by atoms with Crippen LogP contribution >= 0.6 is 22.7 Å². The van der Waals surface area contributed by atoms with Crippen LogP contribution in [0.5, 0.6) is 17.2 Å². The van der Waals surface area contributed by atoms with Crippen LogP contribution in [-0.2, 0) is 12.8 Å². The Kier molecular flexibility index (Phi) is 6.00. The number of hydrogen-bond acceptors (Lipinski definition) is 10. The highest BCUT2D eigenvalue weighted by molar-refractivity contribution is 7.21. The summed E-state index contributed by atoms with van der Waals surface area (Å²) in [6.45, 7) is 0. The second-order valence-corrected chi connectivity index (χ2v) is 10.9. The second kappa shape index (κ2) is 9.37. The summed E-state index contributed by atoms with van der Waals surface area (Å²) in [6, 6.07) is 7.99. The molecule has 0 spiro atoms. The monoisotopic (exact) mass is 550 g/mol. The van der Waals surface area contributed by atoms with Gasteiger partial charge >= 0.3 is 0 Å². The lowest BCUT2D eigenvalue weighted by atomic mass is 9.97. The molecule has 6 rings (SSSR count). The van der Waals surface area contributed by atoms with Gasteiger partial charge in [-0.3, -0.25) is 14.9 Å². The zero-order valence-electron chi connectivity index (χ0n) is 20.8. The third-order valence-electron chi connectivity index (χ3n) is 6.67. The second-order valence-electron chi connectivity index (χ2n) is 8.79. The first-order valence-electron chi connectivity index (χ1n) is 11.9. The number of methoxy groups -OCH3 is 3. The van der Waals surface area contributed by atoms with E-state index in [0.717, 1.165) is 35.9 Å². The first kappa shape index (κ1) is 24.3. The van der Waals surface area contributed by atoms with Gasteiger partial charge in [0.15, 0.2) is 22.5 Å². The largest absolute Gasteiger partial charge is 0.493 e. The molecule has 0 radical (unpaired) electrons. The van der Waals surface area contributed by atoms with Crippen LogP contribution in [0.15, 0.2) is 35.1 Å². The maximum absolute atomic E-state index is 14.2. The summed E-state index contributed by atoms with van der Waals surface area (Å²) in [5.41, 5.74) is 1.80. The van der Waals surface area contributed by atoms with Crippen LogP contribution < -0.4 is 19.8 Å². The highest BCUT2D eigenvalue weighted by Gasteiger charge is 2.26. The number of thiophene rings is 1. The van der Waals surface area contributed by atoms with Gasteiger partial charge in [0.25, 0.3) is 11.2 Å². The van der Waals surface area contributed by atoms with Crippen LogP contribution in [0.4, 0.5) is 5.69 Å². The standard InChI is InChI=1S/C26H22N4O6S2/c1-34-17-10-13(11-18(35-2)22(17)36-3)23-28-24-21(15-6-4-5-7-19(15)37-24)25(31)29(23)26-27-16-12-14(30(32)33)8-9-20(16)38-26/h8-12H,4-7H2,1-3H3. The number of non-ortho nitro benzene ring substituents is 1. The van der Waals surface area contributed by atoms with Crippen LogP contribution in [0.3, 0.4) is 0 Å². The van der Waals surface area contributed by atoms with Gasteiger partial charge in [0.05, 0.1) is 41.9 Å². The molecule has 0 amide bonds. The van der Waals surface area contributed by atoms with Crippen molar-refractivity contribution in [2.75, 3.05) is 21.3 Å². The van der Waals surface area contributed by atoms with Crippen LogP contribution in [-0.4, -0.2) is 40.8 Å². The normalized spacial score (nSPS) is 13.0. The third-order valence-corrected chi connectivity index (χ3v) is 8.88. The van der Waals surface area contributed by atoms with Crippen molar-refractivity contribution in [1.82, 2.24) is 14.5 Å². The molecular formula is C26H22N4O6S2. The van der Waals surface area contributed by atoms with E-state index in [1.165, 1.54) is 54.2 Å². The van der Waals surface area contributed by atoms with Gasteiger partial charge in [-0.1, -0.05) is 11.3 Å². The lowest BCUT2D eigenvalue weighted by Crippen LogP contribution is -2.22. The van der Waals surface area contributed by atoms with Gasteiger partial charge in [-0.25, -0.2) is 14.5 Å². The minimum Gasteiger partial charge on any atom is -0.493 e. The summed E-state index contributed by atoms with van der Waals surface area (Å²) in [4.78, 5) is 36.6. The van der Waals surface area contributed by atoms with E-state index in [0.29, 0.717) is 49.5 Å². The fourth-order valence-electron chi connectivity index (χ4n) is 4.90. The minimum atomic E-state index is -0.461. The van der Waals surface area contributed by atoms with Gasteiger partial charge in [-0.15, -0.1) is 11.3 Å². The molecule has 12 heteroatoms. The number of fused-ring (bicyclic) bond motifs is 4. The molecule has 0 unspecified atom stereocenters. The molecule has 3 heterocycles. The minimum absolute atomic E-state index is 0.0629. The van der Waals surface area contributed by atoms with Gasteiger partial charge in [-0.2, -0.15) is 0 Å². The molecular weight excluding hydrogens is 528 g/mol. The first-order chi connectivity index (χ1) is 18.4. The average molecular weight is 551 g/mol. The van der Waals surface area contributed by atoms with Gasteiger partial charge in [0, 0.05) is 22.6 Å². The van der Waals surface area contributed by atoms with Crippen LogP contribution in [0.1, 0.15) is 23.3 Å². The molecule has 2 aromatic carbocycles. The third kappa shape index (κ3) is 3.79. The highest BCUT2D eigenvalue weighted by atomic mass is 32.1. The van der Waals surface area contributed by atoms with E-state index in [9.17, 15) is 14.9 Å². The van der Waals surface area contributed by atoms with E-state index >= 15 is 0 Å². The Hall–Kier alpha value is -4.03. The number of nitro groups is 1. The number of nitrogens with zero attached hydrogens (tertiary/aromatic N) is 4. The van der Waals surface area contributed by atoms with E-state index < -0.39 is 4.92 Å². The molecule has 10 nitrogen and oxygen atoms in total. The Morgan fingerprint density at radius 3 is 2.39 bits per heavy atom. The highest BCUT2D eigenvalue weighted by Crippen LogP contribution is 2.42. The predicted molar refractivity (Wildman–Crippen MR) is 147 cm³/mol. The predicted octanol–water partition coefficient (Wildman–Crippen LogP) is 5.54. The van der Waals surface area contributed by atoms with Gasteiger partial charge in [-0.05, 0) is 49.4 Å². The van der Waals surface area contributed by atoms with Gasteiger partial charge in [0.1, 0.15) is 4.83 Å². The number of benzene rings is 2. The number of aromatic nitrogens is 3. The quantitative estimate of drug-likeness (QED) is 0.200. The topological polar surface area (TPSA) is 119 Å². The van der Waals surface area contributed by atoms with Crippen molar-refractivity contribution >= 4 is 48.8 Å². The molecule has 1 aliphatic rings. The summed E-state index contributed by atoms with van der Waals surface area (Å²) in [5.74, 6) is 1.64. The maximum atomic E-state index is 14.2. The first-order valence-corrected chi connectivity index (χ1v) is 13.5. The van der Waals surface area contributed by atoms with Crippen LogP contribution in [0.25, 0.3) is 37.0 Å².